The Labute approximate surface area is 133 Å². The van der Waals surface area contributed by atoms with Gasteiger partial charge in [0.15, 0.2) is 11.6 Å². The summed E-state index contributed by atoms with van der Waals surface area (Å²) in [5.74, 6) is -0.132. The van der Waals surface area contributed by atoms with Crippen LogP contribution >= 0.6 is 23.2 Å². The van der Waals surface area contributed by atoms with Crippen molar-refractivity contribution in [3.63, 3.8) is 0 Å². The van der Waals surface area contributed by atoms with E-state index in [9.17, 15) is 4.39 Å². The third kappa shape index (κ3) is 3.88. The number of ether oxygens (including phenoxy) is 1. The zero-order chi connectivity index (χ0) is 15.4. The monoisotopic (exact) mass is 327 g/mol. The van der Waals surface area contributed by atoms with Gasteiger partial charge in [0.1, 0.15) is 0 Å². The van der Waals surface area contributed by atoms with Crippen LogP contribution in [0.25, 0.3) is 0 Å². The molecule has 0 aromatic heterocycles. The highest BCUT2D eigenvalue weighted by atomic mass is 35.5. The Morgan fingerprint density at radius 1 is 1.14 bits per heavy atom. The maximum absolute atomic E-state index is 13.8. The zero-order valence-electron chi connectivity index (χ0n) is 11.8. The largest absolute Gasteiger partial charge is 0.494 e. The molecule has 21 heavy (non-hydrogen) atoms. The average Bonchev–Trinajstić information content (AvgIpc) is 2.48. The summed E-state index contributed by atoms with van der Waals surface area (Å²) in [5.41, 5.74) is 1.88. The molecular formula is C16H16Cl2FNO. The molecule has 1 N–H and O–H groups in total. The third-order valence-electron chi connectivity index (χ3n) is 3.35. The van der Waals surface area contributed by atoms with Gasteiger partial charge in [-0.15, -0.1) is 0 Å². The summed E-state index contributed by atoms with van der Waals surface area (Å²) in [6, 6.07) is 10.4. The van der Waals surface area contributed by atoms with Gasteiger partial charge in [-0.25, -0.2) is 4.39 Å². The van der Waals surface area contributed by atoms with Crippen LogP contribution in [0.3, 0.4) is 0 Å². The Balaban J connectivity index is 2.23. The van der Waals surface area contributed by atoms with Crippen LogP contribution in [0, 0.1) is 5.82 Å². The fourth-order valence-corrected chi connectivity index (χ4v) is 2.51. The van der Waals surface area contributed by atoms with Crippen LogP contribution in [0.2, 0.25) is 10.0 Å². The number of nitrogens with one attached hydrogen (secondary N) is 1. The summed E-state index contributed by atoms with van der Waals surface area (Å²) in [5, 5.41) is 4.23. The summed E-state index contributed by atoms with van der Waals surface area (Å²) >= 11 is 11.9. The maximum atomic E-state index is 13.8. The molecule has 2 aromatic rings. The second-order valence-corrected chi connectivity index (χ2v) is 5.50. The van der Waals surface area contributed by atoms with E-state index in [1.165, 1.54) is 13.2 Å². The van der Waals surface area contributed by atoms with Crippen LogP contribution < -0.4 is 10.1 Å². The lowest BCUT2D eigenvalue weighted by atomic mass is 9.99. The molecule has 2 rings (SSSR count). The van der Waals surface area contributed by atoms with E-state index < -0.39 is 0 Å². The quantitative estimate of drug-likeness (QED) is 0.863. The summed E-state index contributed by atoms with van der Waals surface area (Å²) in [4.78, 5) is 0. The van der Waals surface area contributed by atoms with Gasteiger partial charge in [0, 0.05) is 6.04 Å². The van der Waals surface area contributed by atoms with Crippen molar-refractivity contribution >= 4 is 23.2 Å². The van der Waals surface area contributed by atoms with Gasteiger partial charge in [-0.3, -0.25) is 0 Å². The molecule has 0 amide bonds. The molecule has 2 nitrogen and oxygen atoms in total. The Morgan fingerprint density at radius 3 is 2.48 bits per heavy atom. The minimum absolute atomic E-state index is 0.0253. The van der Waals surface area contributed by atoms with E-state index in [0.717, 1.165) is 11.1 Å². The van der Waals surface area contributed by atoms with Crippen LogP contribution in [-0.4, -0.2) is 14.2 Å². The van der Waals surface area contributed by atoms with Crippen LogP contribution in [0.15, 0.2) is 36.4 Å². The number of benzene rings is 2. The van der Waals surface area contributed by atoms with E-state index >= 15 is 0 Å². The molecule has 0 fully saturated rings. The van der Waals surface area contributed by atoms with Crippen molar-refractivity contribution in [2.24, 2.45) is 0 Å². The van der Waals surface area contributed by atoms with Gasteiger partial charge >= 0.3 is 0 Å². The van der Waals surface area contributed by atoms with Crippen molar-refractivity contribution in [3.05, 3.63) is 63.4 Å². The van der Waals surface area contributed by atoms with Gasteiger partial charge in [0.25, 0.3) is 0 Å². The SMILES string of the molecule is CNC(Cc1ccc(Cl)c(Cl)c1)c1ccc(OC)c(F)c1. The Hall–Kier alpha value is -1.29. The molecule has 1 unspecified atom stereocenters. The van der Waals surface area contributed by atoms with Crippen molar-refractivity contribution in [2.75, 3.05) is 14.2 Å². The molecule has 112 valence electrons. The van der Waals surface area contributed by atoms with E-state index in [1.807, 2.05) is 25.2 Å². The highest BCUT2D eigenvalue weighted by Crippen LogP contribution is 2.27. The van der Waals surface area contributed by atoms with Crippen LogP contribution in [-0.2, 0) is 6.42 Å². The molecule has 0 saturated carbocycles. The second-order valence-electron chi connectivity index (χ2n) is 4.69. The topological polar surface area (TPSA) is 21.3 Å². The molecule has 0 aliphatic carbocycles. The van der Waals surface area contributed by atoms with Crippen molar-refractivity contribution < 1.29 is 9.13 Å². The lowest BCUT2D eigenvalue weighted by Gasteiger charge is -2.18. The Kier molecular flexibility index (Phi) is 5.45. The molecule has 0 spiro atoms. The molecule has 2 aromatic carbocycles. The standard InChI is InChI=1S/C16H16Cl2FNO/c1-20-15(8-10-3-5-12(17)13(18)7-10)11-4-6-16(21-2)14(19)9-11/h3-7,9,15,20H,8H2,1-2H3. The predicted octanol–water partition coefficient (Wildman–Crippen LogP) is 4.64. The smallest absolute Gasteiger partial charge is 0.165 e. The van der Waals surface area contributed by atoms with Gasteiger partial charge in [-0.2, -0.15) is 0 Å². The molecule has 0 saturated heterocycles. The van der Waals surface area contributed by atoms with E-state index in [1.54, 1.807) is 12.1 Å². The van der Waals surface area contributed by atoms with Crippen LogP contribution in [0.4, 0.5) is 4.39 Å². The minimum Gasteiger partial charge on any atom is -0.494 e. The number of halogens is 3. The average molecular weight is 328 g/mol. The number of hydrogen-bond donors (Lipinski definition) is 1. The molecule has 0 radical (unpaired) electrons. The fourth-order valence-electron chi connectivity index (χ4n) is 2.19. The molecule has 5 heteroatoms. The summed E-state index contributed by atoms with van der Waals surface area (Å²) in [6.45, 7) is 0. The van der Waals surface area contributed by atoms with Gasteiger partial charge < -0.3 is 10.1 Å². The van der Waals surface area contributed by atoms with Gasteiger partial charge in [-0.05, 0) is 48.9 Å². The number of likely N-dealkylation sites (N-methyl/N-ethyl adjacent to an activating group) is 1. The van der Waals surface area contributed by atoms with E-state index in [2.05, 4.69) is 5.32 Å². The third-order valence-corrected chi connectivity index (χ3v) is 4.09. The Morgan fingerprint density at radius 2 is 1.90 bits per heavy atom. The van der Waals surface area contributed by atoms with Crippen molar-refractivity contribution in [1.29, 1.82) is 0 Å². The minimum atomic E-state index is -0.371. The first kappa shape index (κ1) is 16.1. The first-order valence-electron chi connectivity index (χ1n) is 6.49. The number of methoxy groups -OCH3 is 1. The highest BCUT2D eigenvalue weighted by Gasteiger charge is 2.13. The lowest BCUT2D eigenvalue weighted by Crippen LogP contribution is -2.19. The molecule has 1 atom stereocenters. The van der Waals surface area contributed by atoms with Crippen molar-refractivity contribution in [1.82, 2.24) is 5.32 Å². The normalized spacial score (nSPS) is 12.2. The molecule has 0 aliphatic rings. The first-order chi connectivity index (χ1) is 10.0. The lowest BCUT2D eigenvalue weighted by molar-refractivity contribution is 0.385. The fraction of sp³-hybridized carbons (Fsp3) is 0.250. The maximum Gasteiger partial charge on any atom is 0.165 e. The van der Waals surface area contributed by atoms with Crippen LogP contribution in [0.5, 0.6) is 5.75 Å². The van der Waals surface area contributed by atoms with Crippen LogP contribution in [0.1, 0.15) is 17.2 Å². The second kappa shape index (κ2) is 7.12. The Bertz CT molecular complexity index is 634. The van der Waals surface area contributed by atoms with Crippen molar-refractivity contribution in [3.8, 4) is 5.75 Å². The van der Waals surface area contributed by atoms with E-state index in [-0.39, 0.29) is 17.6 Å². The summed E-state index contributed by atoms with van der Waals surface area (Å²) < 4.78 is 18.7. The summed E-state index contributed by atoms with van der Waals surface area (Å²) in [6.07, 6.45) is 0.680. The number of hydrogen-bond acceptors (Lipinski definition) is 2. The predicted molar refractivity (Wildman–Crippen MR) is 84.9 cm³/mol. The van der Waals surface area contributed by atoms with Gasteiger partial charge in [0.05, 0.1) is 17.2 Å². The molecular weight excluding hydrogens is 312 g/mol. The number of rotatable bonds is 5. The van der Waals surface area contributed by atoms with Gasteiger partial charge in [-0.1, -0.05) is 35.3 Å². The highest BCUT2D eigenvalue weighted by molar-refractivity contribution is 6.42. The van der Waals surface area contributed by atoms with Crippen molar-refractivity contribution in [2.45, 2.75) is 12.5 Å². The molecule has 0 aliphatic heterocycles. The summed E-state index contributed by atoms with van der Waals surface area (Å²) in [7, 11) is 3.29. The molecule has 0 bridgehead atoms. The van der Waals surface area contributed by atoms with E-state index in [4.69, 9.17) is 27.9 Å². The van der Waals surface area contributed by atoms with Gasteiger partial charge in [0.2, 0.25) is 0 Å². The zero-order valence-corrected chi connectivity index (χ0v) is 13.3. The van der Waals surface area contributed by atoms with E-state index in [0.29, 0.717) is 16.5 Å². The molecule has 0 heterocycles. The first-order valence-corrected chi connectivity index (χ1v) is 7.25.